The summed E-state index contributed by atoms with van der Waals surface area (Å²) in [6, 6.07) is 9.14. The Hall–Kier alpha value is -3.29. The van der Waals surface area contributed by atoms with Gasteiger partial charge in [0.1, 0.15) is 0 Å². The van der Waals surface area contributed by atoms with Crippen molar-refractivity contribution < 1.29 is 9.59 Å². The van der Waals surface area contributed by atoms with Crippen LogP contribution >= 0.6 is 0 Å². The third-order valence-electron chi connectivity index (χ3n) is 4.59. The van der Waals surface area contributed by atoms with Crippen LogP contribution in [0.3, 0.4) is 0 Å². The lowest BCUT2D eigenvalue weighted by atomic mass is 10.1. The summed E-state index contributed by atoms with van der Waals surface area (Å²) >= 11 is 0. The highest BCUT2D eigenvalue weighted by Crippen LogP contribution is 2.19. The SMILES string of the molecule is CC(=O)N1CCN(C(=O)c2ccc(-c3nnc4ncccn34)cc2)CC1. The standard InChI is InChI=1S/C18H18N6O2/c1-13(25)22-9-11-23(12-10-22)17(26)15-5-3-14(4-6-15)16-20-21-18-19-7-2-8-24(16)18/h2-8H,9-12H2,1H3. The molecule has 0 saturated carbocycles. The molecule has 0 radical (unpaired) electrons. The summed E-state index contributed by atoms with van der Waals surface area (Å²) in [7, 11) is 0. The maximum Gasteiger partial charge on any atom is 0.255 e. The molecule has 3 aromatic rings. The lowest BCUT2D eigenvalue weighted by molar-refractivity contribution is -0.130. The molecule has 0 spiro atoms. The molecule has 0 atom stereocenters. The normalized spacial score (nSPS) is 14.7. The van der Waals surface area contributed by atoms with Crippen molar-refractivity contribution in [2.24, 2.45) is 0 Å². The maximum atomic E-state index is 12.7. The molecule has 1 aliphatic heterocycles. The van der Waals surface area contributed by atoms with Gasteiger partial charge < -0.3 is 9.80 Å². The molecular formula is C18H18N6O2. The van der Waals surface area contributed by atoms with Crippen LogP contribution in [-0.4, -0.2) is 67.4 Å². The molecule has 0 bridgehead atoms. The fourth-order valence-electron chi connectivity index (χ4n) is 3.11. The van der Waals surface area contributed by atoms with Gasteiger partial charge in [-0.3, -0.25) is 14.0 Å². The maximum absolute atomic E-state index is 12.7. The smallest absolute Gasteiger partial charge is 0.255 e. The third-order valence-corrected chi connectivity index (χ3v) is 4.59. The van der Waals surface area contributed by atoms with Gasteiger partial charge in [-0.25, -0.2) is 4.98 Å². The van der Waals surface area contributed by atoms with Crippen LogP contribution in [0.15, 0.2) is 42.7 Å². The highest BCUT2D eigenvalue weighted by atomic mass is 16.2. The van der Waals surface area contributed by atoms with Gasteiger partial charge in [0, 0.05) is 56.6 Å². The Morgan fingerprint density at radius 3 is 2.35 bits per heavy atom. The molecule has 0 unspecified atom stereocenters. The highest BCUT2D eigenvalue weighted by Gasteiger charge is 2.23. The van der Waals surface area contributed by atoms with E-state index in [1.165, 1.54) is 0 Å². The van der Waals surface area contributed by atoms with E-state index in [1.54, 1.807) is 39.5 Å². The van der Waals surface area contributed by atoms with Crippen LogP contribution in [0.25, 0.3) is 17.2 Å². The van der Waals surface area contributed by atoms with E-state index < -0.39 is 0 Å². The predicted octanol–water partition coefficient (Wildman–Crippen LogP) is 1.10. The van der Waals surface area contributed by atoms with E-state index in [0.29, 0.717) is 43.3 Å². The van der Waals surface area contributed by atoms with Crippen molar-refractivity contribution in [2.45, 2.75) is 6.92 Å². The van der Waals surface area contributed by atoms with Crippen LogP contribution in [0.5, 0.6) is 0 Å². The number of hydrogen-bond acceptors (Lipinski definition) is 5. The molecule has 2 aromatic heterocycles. The minimum atomic E-state index is -0.0208. The third kappa shape index (κ3) is 2.90. The fraction of sp³-hybridized carbons (Fsp3) is 0.278. The monoisotopic (exact) mass is 350 g/mol. The van der Waals surface area contributed by atoms with Crippen molar-refractivity contribution in [1.29, 1.82) is 0 Å². The Morgan fingerprint density at radius 1 is 0.962 bits per heavy atom. The van der Waals surface area contributed by atoms with Gasteiger partial charge in [-0.1, -0.05) is 12.1 Å². The van der Waals surface area contributed by atoms with E-state index in [2.05, 4.69) is 15.2 Å². The van der Waals surface area contributed by atoms with E-state index in [4.69, 9.17) is 0 Å². The zero-order chi connectivity index (χ0) is 18.1. The Bertz CT molecular complexity index is 957. The summed E-state index contributed by atoms with van der Waals surface area (Å²) in [4.78, 5) is 31.8. The number of benzene rings is 1. The van der Waals surface area contributed by atoms with Crippen LogP contribution in [0.1, 0.15) is 17.3 Å². The topological polar surface area (TPSA) is 83.7 Å². The first-order chi connectivity index (χ1) is 12.6. The summed E-state index contributed by atoms with van der Waals surface area (Å²) in [5.41, 5.74) is 1.49. The van der Waals surface area contributed by atoms with Gasteiger partial charge in [0.2, 0.25) is 5.91 Å². The molecule has 0 aliphatic carbocycles. The number of carbonyl (C=O) groups is 2. The lowest BCUT2D eigenvalue weighted by Crippen LogP contribution is -2.50. The van der Waals surface area contributed by atoms with Crippen LogP contribution in [0.2, 0.25) is 0 Å². The van der Waals surface area contributed by atoms with Gasteiger partial charge in [-0.2, -0.15) is 0 Å². The van der Waals surface area contributed by atoms with Crippen LogP contribution in [0.4, 0.5) is 0 Å². The minimum Gasteiger partial charge on any atom is -0.339 e. The number of amides is 2. The highest BCUT2D eigenvalue weighted by molar-refractivity contribution is 5.94. The van der Waals surface area contributed by atoms with Crippen molar-refractivity contribution in [1.82, 2.24) is 29.4 Å². The van der Waals surface area contributed by atoms with Gasteiger partial charge in [-0.05, 0) is 18.2 Å². The first kappa shape index (κ1) is 16.2. The summed E-state index contributed by atoms with van der Waals surface area (Å²) in [6.07, 6.45) is 3.52. The molecule has 3 heterocycles. The molecule has 132 valence electrons. The molecule has 4 rings (SSSR count). The lowest BCUT2D eigenvalue weighted by Gasteiger charge is -2.34. The van der Waals surface area contributed by atoms with E-state index in [1.807, 2.05) is 24.4 Å². The second-order valence-electron chi connectivity index (χ2n) is 6.19. The van der Waals surface area contributed by atoms with E-state index in [9.17, 15) is 9.59 Å². The average Bonchev–Trinajstić information content (AvgIpc) is 3.12. The quantitative estimate of drug-likeness (QED) is 0.691. The summed E-state index contributed by atoms with van der Waals surface area (Å²) in [5.74, 6) is 1.25. The van der Waals surface area contributed by atoms with Crippen molar-refractivity contribution in [3.63, 3.8) is 0 Å². The van der Waals surface area contributed by atoms with Crippen LogP contribution in [-0.2, 0) is 4.79 Å². The molecule has 8 heteroatoms. The zero-order valence-corrected chi connectivity index (χ0v) is 14.4. The van der Waals surface area contributed by atoms with Crippen LogP contribution < -0.4 is 0 Å². The van der Waals surface area contributed by atoms with Crippen molar-refractivity contribution in [3.05, 3.63) is 48.3 Å². The summed E-state index contributed by atoms with van der Waals surface area (Å²) in [6.45, 7) is 3.83. The Balaban J connectivity index is 1.51. The van der Waals surface area contributed by atoms with Gasteiger partial charge in [0.15, 0.2) is 5.82 Å². The van der Waals surface area contributed by atoms with E-state index >= 15 is 0 Å². The number of rotatable bonds is 2. The Kier molecular flexibility index (Phi) is 4.08. The molecule has 1 aromatic carbocycles. The van der Waals surface area contributed by atoms with Gasteiger partial charge in [0.25, 0.3) is 11.7 Å². The number of piperazine rings is 1. The van der Waals surface area contributed by atoms with Crippen molar-refractivity contribution in [2.75, 3.05) is 26.2 Å². The van der Waals surface area contributed by atoms with Gasteiger partial charge in [0.05, 0.1) is 0 Å². The first-order valence-corrected chi connectivity index (χ1v) is 8.44. The first-order valence-electron chi connectivity index (χ1n) is 8.44. The number of fused-ring (bicyclic) bond motifs is 1. The van der Waals surface area contributed by atoms with Gasteiger partial charge in [-0.15, -0.1) is 10.2 Å². The second kappa shape index (κ2) is 6.55. The zero-order valence-electron chi connectivity index (χ0n) is 14.4. The summed E-state index contributed by atoms with van der Waals surface area (Å²) in [5, 5.41) is 8.21. The fourth-order valence-corrected chi connectivity index (χ4v) is 3.11. The minimum absolute atomic E-state index is 0.0208. The average molecular weight is 350 g/mol. The van der Waals surface area contributed by atoms with Crippen molar-refractivity contribution in [3.8, 4) is 11.4 Å². The molecule has 2 amide bonds. The largest absolute Gasteiger partial charge is 0.339 e. The number of nitrogens with zero attached hydrogens (tertiary/aromatic N) is 6. The molecule has 8 nitrogen and oxygen atoms in total. The molecular weight excluding hydrogens is 332 g/mol. The number of aromatic nitrogens is 4. The molecule has 0 N–H and O–H groups in total. The predicted molar refractivity (Wildman–Crippen MR) is 94.4 cm³/mol. The Morgan fingerprint density at radius 2 is 1.65 bits per heavy atom. The van der Waals surface area contributed by atoms with Gasteiger partial charge >= 0.3 is 0 Å². The second-order valence-corrected chi connectivity index (χ2v) is 6.19. The van der Waals surface area contributed by atoms with E-state index in [0.717, 1.165) is 5.56 Å². The molecule has 1 aliphatic rings. The number of hydrogen-bond donors (Lipinski definition) is 0. The van der Waals surface area contributed by atoms with Crippen molar-refractivity contribution >= 4 is 17.6 Å². The molecule has 1 saturated heterocycles. The molecule has 1 fully saturated rings. The van der Waals surface area contributed by atoms with Crippen LogP contribution in [0, 0.1) is 0 Å². The summed E-state index contributed by atoms with van der Waals surface area (Å²) < 4.78 is 1.80. The number of carbonyl (C=O) groups excluding carboxylic acids is 2. The Labute approximate surface area is 150 Å². The molecule has 26 heavy (non-hydrogen) atoms. The van der Waals surface area contributed by atoms with E-state index in [-0.39, 0.29) is 11.8 Å².